The van der Waals surface area contributed by atoms with E-state index < -0.39 is 24.0 Å². The number of benzene rings is 2. The molecule has 8 heteroatoms. The van der Waals surface area contributed by atoms with E-state index in [1.54, 1.807) is 0 Å². The molecule has 0 aliphatic heterocycles. The summed E-state index contributed by atoms with van der Waals surface area (Å²) in [6.45, 7) is 0.131. The molecule has 4 rings (SSSR count). The standard InChI is InChI=1S/C26H21N3O5/c1-2-8-22(25(31)32)28-24(30)21-13-7-14-23(27-21)29-26(33)34-15-20-18-11-5-3-9-16(18)17-10-4-6-12-19(17)20/h1,3-7,9-14,20,22H,8,15H2,(H,28,30)(H,31,32)(H,27,29,33). The molecule has 0 bridgehead atoms. The summed E-state index contributed by atoms with van der Waals surface area (Å²) in [5, 5.41) is 14.0. The molecule has 1 atom stereocenters. The highest BCUT2D eigenvalue weighted by molar-refractivity contribution is 5.95. The Labute approximate surface area is 196 Å². The SMILES string of the molecule is C#CCC(NC(=O)c1cccc(NC(=O)OCC2c3ccccc3-c3ccccc32)n1)C(=O)O. The zero-order valence-electron chi connectivity index (χ0n) is 18.0. The van der Waals surface area contributed by atoms with Crippen molar-refractivity contribution in [3.63, 3.8) is 0 Å². The number of carboxylic acids is 1. The van der Waals surface area contributed by atoms with Gasteiger partial charge >= 0.3 is 12.1 Å². The van der Waals surface area contributed by atoms with Crippen LogP contribution in [0.25, 0.3) is 11.1 Å². The van der Waals surface area contributed by atoms with Gasteiger partial charge in [0.2, 0.25) is 0 Å². The Morgan fingerprint density at radius 2 is 1.65 bits per heavy atom. The van der Waals surface area contributed by atoms with Gasteiger partial charge in [0.15, 0.2) is 0 Å². The second-order valence-electron chi connectivity index (χ2n) is 7.63. The Morgan fingerprint density at radius 1 is 1.00 bits per heavy atom. The molecule has 1 heterocycles. The average Bonchev–Trinajstić information content (AvgIpc) is 3.16. The predicted molar refractivity (Wildman–Crippen MR) is 125 cm³/mol. The van der Waals surface area contributed by atoms with Crippen molar-refractivity contribution < 1.29 is 24.2 Å². The van der Waals surface area contributed by atoms with Crippen LogP contribution in [-0.2, 0) is 9.53 Å². The number of anilines is 1. The van der Waals surface area contributed by atoms with Crippen LogP contribution in [0.4, 0.5) is 10.6 Å². The van der Waals surface area contributed by atoms with E-state index in [0.717, 1.165) is 22.3 Å². The van der Waals surface area contributed by atoms with Crippen LogP contribution in [0, 0.1) is 12.3 Å². The lowest BCUT2D eigenvalue weighted by molar-refractivity contribution is -0.139. The minimum absolute atomic E-state index is 0.0697. The molecule has 3 N–H and O–H groups in total. The number of ether oxygens (including phenoxy) is 1. The maximum Gasteiger partial charge on any atom is 0.412 e. The number of aliphatic carboxylic acids is 1. The molecule has 1 aliphatic rings. The molecule has 0 saturated carbocycles. The van der Waals surface area contributed by atoms with Gasteiger partial charge in [0.05, 0.1) is 0 Å². The summed E-state index contributed by atoms with van der Waals surface area (Å²) < 4.78 is 5.48. The van der Waals surface area contributed by atoms with E-state index in [1.807, 2.05) is 48.5 Å². The molecule has 34 heavy (non-hydrogen) atoms. The normalized spacial score (nSPS) is 12.6. The third-order valence-corrected chi connectivity index (χ3v) is 5.48. The molecule has 2 amide bonds. The van der Waals surface area contributed by atoms with E-state index >= 15 is 0 Å². The smallest absolute Gasteiger partial charge is 0.412 e. The minimum atomic E-state index is -1.25. The fourth-order valence-electron chi connectivity index (χ4n) is 3.92. The summed E-state index contributed by atoms with van der Waals surface area (Å²) >= 11 is 0. The van der Waals surface area contributed by atoms with Crippen LogP contribution in [0.5, 0.6) is 0 Å². The van der Waals surface area contributed by atoms with Crippen molar-refractivity contribution in [1.82, 2.24) is 10.3 Å². The van der Waals surface area contributed by atoms with Crippen LogP contribution in [0.15, 0.2) is 66.7 Å². The number of rotatable bonds is 7. The maximum absolute atomic E-state index is 12.5. The third-order valence-electron chi connectivity index (χ3n) is 5.48. The van der Waals surface area contributed by atoms with Crippen molar-refractivity contribution in [2.24, 2.45) is 0 Å². The number of hydrogen-bond donors (Lipinski definition) is 3. The maximum atomic E-state index is 12.5. The van der Waals surface area contributed by atoms with Gasteiger partial charge in [0, 0.05) is 12.3 Å². The Morgan fingerprint density at radius 3 is 2.26 bits per heavy atom. The van der Waals surface area contributed by atoms with E-state index in [0.29, 0.717) is 0 Å². The molecule has 1 unspecified atom stereocenters. The quantitative estimate of drug-likeness (QED) is 0.468. The van der Waals surface area contributed by atoms with Crippen molar-refractivity contribution in [3.8, 4) is 23.5 Å². The average molecular weight is 455 g/mol. The first-order chi connectivity index (χ1) is 16.5. The highest BCUT2D eigenvalue weighted by Gasteiger charge is 2.29. The molecule has 1 aromatic heterocycles. The molecular formula is C26H21N3O5. The highest BCUT2D eigenvalue weighted by atomic mass is 16.5. The fraction of sp³-hybridized carbons (Fsp3) is 0.154. The van der Waals surface area contributed by atoms with Gasteiger partial charge in [-0.1, -0.05) is 54.6 Å². The second kappa shape index (κ2) is 9.88. The van der Waals surface area contributed by atoms with Crippen LogP contribution >= 0.6 is 0 Å². The van der Waals surface area contributed by atoms with Gasteiger partial charge in [-0.3, -0.25) is 10.1 Å². The number of carbonyl (C=O) groups excluding carboxylic acids is 2. The fourth-order valence-corrected chi connectivity index (χ4v) is 3.92. The van der Waals surface area contributed by atoms with Crippen molar-refractivity contribution >= 4 is 23.8 Å². The van der Waals surface area contributed by atoms with Gasteiger partial charge < -0.3 is 15.2 Å². The number of nitrogens with one attached hydrogen (secondary N) is 2. The Hall–Kier alpha value is -4.64. The number of terminal acetylenes is 1. The lowest BCUT2D eigenvalue weighted by Crippen LogP contribution is -2.40. The first kappa shape index (κ1) is 22.6. The number of fused-ring (bicyclic) bond motifs is 3. The van der Waals surface area contributed by atoms with Gasteiger partial charge in [0.25, 0.3) is 5.91 Å². The third kappa shape index (κ3) is 4.74. The minimum Gasteiger partial charge on any atom is -0.480 e. The van der Waals surface area contributed by atoms with Crippen LogP contribution in [0.2, 0.25) is 0 Å². The van der Waals surface area contributed by atoms with Crippen molar-refractivity contribution in [2.75, 3.05) is 11.9 Å². The summed E-state index contributed by atoms with van der Waals surface area (Å²) in [6, 6.07) is 19.2. The van der Waals surface area contributed by atoms with Gasteiger partial charge in [-0.2, -0.15) is 0 Å². The lowest BCUT2D eigenvalue weighted by Gasteiger charge is -2.15. The molecule has 0 radical (unpaired) electrons. The molecule has 170 valence electrons. The highest BCUT2D eigenvalue weighted by Crippen LogP contribution is 2.44. The number of pyridine rings is 1. The summed E-state index contributed by atoms with van der Waals surface area (Å²) in [6.07, 6.45) is 4.26. The second-order valence-corrected chi connectivity index (χ2v) is 7.63. The number of hydrogen-bond acceptors (Lipinski definition) is 5. The van der Waals surface area contributed by atoms with E-state index in [9.17, 15) is 14.4 Å². The number of amides is 2. The van der Waals surface area contributed by atoms with Crippen LogP contribution < -0.4 is 10.6 Å². The summed E-state index contributed by atoms with van der Waals surface area (Å²) in [4.78, 5) is 40.1. The van der Waals surface area contributed by atoms with Crippen LogP contribution in [0.3, 0.4) is 0 Å². The van der Waals surface area contributed by atoms with Crippen LogP contribution in [-0.4, -0.2) is 40.7 Å². The lowest BCUT2D eigenvalue weighted by atomic mass is 9.98. The van der Waals surface area contributed by atoms with Gasteiger partial charge in [-0.25, -0.2) is 14.6 Å². The molecule has 0 saturated heterocycles. The number of carbonyl (C=O) groups is 3. The molecular weight excluding hydrogens is 434 g/mol. The van der Waals surface area contributed by atoms with Crippen LogP contribution in [0.1, 0.15) is 34.0 Å². The summed E-state index contributed by atoms with van der Waals surface area (Å²) in [5.74, 6) is 0.230. The molecule has 8 nitrogen and oxygen atoms in total. The van der Waals surface area contributed by atoms with Crippen molar-refractivity contribution in [2.45, 2.75) is 18.4 Å². The first-order valence-corrected chi connectivity index (χ1v) is 10.5. The van der Waals surface area contributed by atoms with Crippen molar-refractivity contribution in [1.29, 1.82) is 0 Å². The Kier molecular flexibility index (Phi) is 6.55. The molecule has 3 aromatic rings. The van der Waals surface area contributed by atoms with Crippen molar-refractivity contribution in [3.05, 3.63) is 83.6 Å². The zero-order chi connectivity index (χ0) is 24.1. The van der Waals surface area contributed by atoms with E-state index in [2.05, 4.69) is 21.5 Å². The summed E-state index contributed by atoms with van der Waals surface area (Å²) in [7, 11) is 0. The molecule has 0 spiro atoms. The molecule has 0 fully saturated rings. The van der Waals surface area contributed by atoms with E-state index in [-0.39, 0.29) is 30.5 Å². The van der Waals surface area contributed by atoms with Gasteiger partial charge in [-0.15, -0.1) is 12.3 Å². The Balaban J connectivity index is 1.40. The number of carboxylic acid groups (broad SMARTS) is 1. The predicted octanol–water partition coefficient (Wildman–Crippen LogP) is 3.65. The van der Waals surface area contributed by atoms with E-state index in [4.69, 9.17) is 16.3 Å². The molecule has 2 aromatic carbocycles. The Bertz CT molecular complexity index is 1250. The topological polar surface area (TPSA) is 118 Å². The zero-order valence-corrected chi connectivity index (χ0v) is 18.0. The summed E-state index contributed by atoms with van der Waals surface area (Å²) in [5.41, 5.74) is 4.36. The van der Waals surface area contributed by atoms with Gasteiger partial charge in [-0.05, 0) is 34.4 Å². The largest absolute Gasteiger partial charge is 0.480 e. The van der Waals surface area contributed by atoms with Gasteiger partial charge in [0.1, 0.15) is 24.2 Å². The first-order valence-electron chi connectivity index (χ1n) is 10.5. The monoisotopic (exact) mass is 455 g/mol. The number of nitrogens with zero attached hydrogens (tertiary/aromatic N) is 1. The van der Waals surface area contributed by atoms with E-state index in [1.165, 1.54) is 18.2 Å². The number of aromatic nitrogens is 1. The molecule has 1 aliphatic carbocycles.